The Hall–Kier alpha value is -3.63. The number of hydrogen-bond donors (Lipinski definition) is 1. The number of halogens is 5. The quantitative estimate of drug-likeness (QED) is 0.257. The van der Waals surface area contributed by atoms with Crippen LogP contribution in [0.2, 0.25) is 10.0 Å². The lowest BCUT2D eigenvalue weighted by molar-refractivity contribution is -0.136. The van der Waals surface area contributed by atoms with Gasteiger partial charge in [-0.15, -0.1) is 0 Å². The smallest absolute Gasteiger partial charge is 0.417 e. The highest BCUT2D eigenvalue weighted by molar-refractivity contribution is 6.39. The van der Waals surface area contributed by atoms with Crippen LogP contribution >= 0.6 is 23.2 Å². The average molecular weight is 575 g/mol. The van der Waals surface area contributed by atoms with Gasteiger partial charge in [0.05, 0.1) is 21.1 Å². The fourth-order valence-electron chi connectivity index (χ4n) is 4.76. The van der Waals surface area contributed by atoms with Crippen LogP contribution in [0.15, 0.2) is 47.3 Å². The van der Waals surface area contributed by atoms with Crippen molar-refractivity contribution in [1.82, 2.24) is 15.1 Å². The van der Waals surface area contributed by atoms with E-state index in [0.29, 0.717) is 52.1 Å². The maximum Gasteiger partial charge on any atom is 0.417 e. The van der Waals surface area contributed by atoms with Crippen molar-refractivity contribution in [3.05, 3.63) is 75.4 Å². The third-order valence-corrected chi connectivity index (χ3v) is 7.49. The summed E-state index contributed by atoms with van der Waals surface area (Å²) in [6.45, 7) is 1.17. The Morgan fingerprint density at radius 2 is 1.85 bits per heavy atom. The predicted molar refractivity (Wildman–Crippen MR) is 140 cm³/mol. The summed E-state index contributed by atoms with van der Waals surface area (Å²) >= 11 is 12.7. The zero-order valence-corrected chi connectivity index (χ0v) is 21.6. The number of aromatic carboxylic acids is 1. The maximum atomic E-state index is 13.7. The molecule has 0 spiro atoms. The summed E-state index contributed by atoms with van der Waals surface area (Å²) in [7, 11) is 0. The monoisotopic (exact) mass is 574 g/mol. The summed E-state index contributed by atoms with van der Waals surface area (Å²) in [5, 5.41) is 14.0. The summed E-state index contributed by atoms with van der Waals surface area (Å²) in [6.07, 6.45) is 4.28. The molecule has 1 aliphatic carbocycles. The number of aromatic nitrogens is 3. The Bertz CT molecular complexity index is 1620. The second-order valence-corrected chi connectivity index (χ2v) is 10.5. The van der Waals surface area contributed by atoms with Gasteiger partial charge in [0, 0.05) is 59.5 Å². The van der Waals surface area contributed by atoms with Gasteiger partial charge >= 0.3 is 12.1 Å². The molecule has 2 fully saturated rings. The number of carboxylic acids is 1. The van der Waals surface area contributed by atoms with Gasteiger partial charge in [-0.05, 0) is 37.1 Å². The number of benzene rings is 1. The maximum absolute atomic E-state index is 13.7. The van der Waals surface area contributed by atoms with Gasteiger partial charge in [-0.3, -0.25) is 4.98 Å². The van der Waals surface area contributed by atoms with Gasteiger partial charge in [0.15, 0.2) is 0 Å². The fourth-order valence-corrected chi connectivity index (χ4v) is 5.30. The summed E-state index contributed by atoms with van der Waals surface area (Å²) in [5.74, 6) is -0.311. The van der Waals surface area contributed by atoms with Crippen molar-refractivity contribution in [1.29, 1.82) is 0 Å². The molecule has 1 saturated heterocycles. The molecule has 0 radical (unpaired) electrons. The molecule has 4 heterocycles. The van der Waals surface area contributed by atoms with Crippen LogP contribution in [0.3, 0.4) is 0 Å². The number of carboxylic acid groups (broad SMARTS) is 1. The molecule has 7 nitrogen and oxygen atoms in total. The highest BCUT2D eigenvalue weighted by Crippen LogP contribution is 2.46. The number of fused-ring (bicyclic) bond motifs is 1. The Kier molecular flexibility index (Phi) is 6.27. The van der Waals surface area contributed by atoms with E-state index in [1.165, 1.54) is 24.5 Å². The molecule has 1 aliphatic heterocycles. The van der Waals surface area contributed by atoms with Crippen LogP contribution in [0, 0.1) is 5.92 Å². The summed E-state index contributed by atoms with van der Waals surface area (Å²) in [5.41, 5.74) is 0.812. The van der Waals surface area contributed by atoms with E-state index in [1.807, 2.05) is 17.1 Å². The number of pyridine rings is 2. The van der Waals surface area contributed by atoms with Crippen molar-refractivity contribution >= 4 is 51.8 Å². The van der Waals surface area contributed by atoms with Crippen molar-refractivity contribution in [3.63, 3.8) is 0 Å². The first-order chi connectivity index (χ1) is 18.6. The molecule has 0 bridgehead atoms. The number of alkyl halides is 3. The molecule has 6 rings (SSSR count). The number of nitrogens with zero attached hydrogens (tertiary/aromatic N) is 4. The van der Waals surface area contributed by atoms with Crippen LogP contribution < -0.4 is 4.90 Å². The molecule has 4 aromatic rings. The standard InChI is InChI=1S/C27H19Cl2F3N4O3/c28-19-9-33-10-20(29)23(19)24-16(25(39-35-24)14-2-3-14)5-1-13-11-36(12-13)15-4-6-21-17(7-15)18(27(30,31)32)8-22(34-21)26(37)38/h1,4-10,13-14H,2-3,11-12H2,(H,37,38)/b5-1+. The summed E-state index contributed by atoms with van der Waals surface area (Å²) in [6, 6.07) is 5.06. The molecule has 0 atom stereocenters. The van der Waals surface area contributed by atoms with Gasteiger partial charge in [-0.1, -0.05) is 40.5 Å². The normalized spacial score (nSPS) is 16.3. The van der Waals surface area contributed by atoms with Gasteiger partial charge in [0.2, 0.25) is 0 Å². The largest absolute Gasteiger partial charge is 0.477 e. The minimum atomic E-state index is -4.72. The second-order valence-electron chi connectivity index (χ2n) is 9.65. The van der Waals surface area contributed by atoms with Crippen LogP contribution in [0.25, 0.3) is 28.2 Å². The van der Waals surface area contributed by atoms with Crippen molar-refractivity contribution in [2.45, 2.75) is 24.9 Å². The first-order valence-electron chi connectivity index (χ1n) is 12.1. The van der Waals surface area contributed by atoms with Crippen molar-refractivity contribution in [2.24, 2.45) is 5.92 Å². The zero-order valence-electron chi connectivity index (χ0n) is 20.0. The average Bonchev–Trinajstić information content (AvgIpc) is 3.62. The van der Waals surface area contributed by atoms with Crippen LogP contribution in [0.1, 0.15) is 46.1 Å². The minimum absolute atomic E-state index is 0.0241. The third kappa shape index (κ3) is 4.83. The van der Waals surface area contributed by atoms with Gasteiger partial charge in [0.25, 0.3) is 0 Å². The highest BCUT2D eigenvalue weighted by Gasteiger charge is 2.36. The van der Waals surface area contributed by atoms with Gasteiger partial charge in [-0.25, -0.2) is 9.78 Å². The van der Waals surface area contributed by atoms with E-state index >= 15 is 0 Å². The lowest BCUT2D eigenvalue weighted by atomic mass is 9.95. The number of rotatable bonds is 6. The zero-order chi connectivity index (χ0) is 27.5. The first-order valence-corrected chi connectivity index (χ1v) is 12.8. The number of carbonyl (C=O) groups is 1. The van der Waals surface area contributed by atoms with Gasteiger partial charge < -0.3 is 14.5 Å². The molecule has 0 amide bonds. The molecule has 12 heteroatoms. The van der Waals surface area contributed by atoms with E-state index in [2.05, 4.69) is 15.1 Å². The molecule has 1 aromatic carbocycles. The molecule has 0 unspecified atom stereocenters. The van der Waals surface area contributed by atoms with Crippen LogP contribution in [-0.2, 0) is 6.18 Å². The molecule has 39 heavy (non-hydrogen) atoms. The molecule has 1 saturated carbocycles. The fraction of sp³-hybridized carbons (Fsp3) is 0.259. The van der Waals surface area contributed by atoms with Crippen LogP contribution in [0.5, 0.6) is 0 Å². The van der Waals surface area contributed by atoms with E-state index in [4.69, 9.17) is 32.8 Å². The van der Waals surface area contributed by atoms with E-state index in [-0.39, 0.29) is 16.8 Å². The SMILES string of the molecule is O=C(O)c1cc(C(F)(F)F)c2cc(N3CC(/C=C/c4c(-c5c(Cl)cncc5Cl)noc4C4CC4)C3)ccc2n1. The first kappa shape index (κ1) is 25.6. The van der Waals surface area contributed by atoms with Crippen LogP contribution in [0.4, 0.5) is 18.9 Å². The number of hydrogen-bond acceptors (Lipinski definition) is 6. The van der Waals surface area contributed by atoms with E-state index in [0.717, 1.165) is 24.2 Å². The third-order valence-electron chi connectivity index (χ3n) is 6.92. The van der Waals surface area contributed by atoms with Crippen molar-refractivity contribution in [2.75, 3.05) is 18.0 Å². The Morgan fingerprint density at radius 3 is 2.49 bits per heavy atom. The Balaban J connectivity index is 1.25. The topological polar surface area (TPSA) is 92.3 Å². The second kappa shape index (κ2) is 9.53. The van der Waals surface area contributed by atoms with E-state index in [9.17, 15) is 18.0 Å². The summed E-state index contributed by atoms with van der Waals surface area (Å²) < 4.78 is 46.8. The van der Waals surface area contributed by atoms with Gasteiger partial charge in [0.1, 0.15) is 17.1 Å². The van der Waals surface area contributed by atoms with Crippen molar-refractivity contribution < 1.29 is 27.6 Å². The molecular formula is C27H19Cl2F3N4O3. The summed E-state index contributed by atoms with van der Waals surface area (Å²) in [4.78, 5) is 21.1. The molecule has 200 valence electrons. The molecule has 3 aromatic heterocycles. The minimum Gasteiger partial charge on any atom is -0.477 e. The molecular weight excluding hydrogens is 556 g/mol. The van der Waals surface area contributed by atoms with Crippen LogP contribution in [-0.4, -0.2) is 39.3 Å². The van der Waals surface area contributed by atoms with Crippen molar-refractivity contribution in [3.8, 4) is 11.3 Å². The van der Waals surface area contributed by atoms with E-state index in [1.54, 1.807) is 6.07 Å². The molecule has 1 N–H and O–H groups in total. The highest BCUT2D eigenvalue weighted by atomic mass is 35.5. The van der Waals surface area contributed by atoms with E-state index < -0.39 is 23.4 Å². The number of anilines is 1. The predicted octanol–water partition coefficient (Wildman–Crippen LogP) is 7.34. The Morgan fingerprint density at radius 1 is 1.13 bits per heavy atom. The van der Waals surface area contributed by atoms with Gasteiger partial charge in [-0.2, -0.15) is 13.2 Å². The lowest BCUT2D eigenvalue weighted by Crippen LogP contribution is -2.45. The lowest BCUT2D eigenvalue weighted by Gasteiger charge is -2.40. The molecule has 2 aliphatic rings. The Labute approximate surface area is 229 Å².